The average Bonchev–Trinajstić information content (AvgIpc) is 2.92. The Morgan fingerprint density at radius 3 is 2.83 bits per heavy atom. The first kappa shape index (κ1) is 12.8. The van der Waals surface area contributed by atoms with Gasteiger partial charge in [-0.05, 0) is 50.0 Å². The summed E-state index contributed by atoms with van der Waals surface area (Å²) in [6.45, 7) is 7.41. The molecule has 0 radical (unpaired) electrons. The minimum atomic E-state index is -0.0898. The van der Waals surface area contributed by atoms with Crippen molar-refractivity contribution in [3.8, 4) is 0 Å². The maximum absolute atomic E-state index is 5.80. The summed E-state index contributed by atoms with van der Waals surface area (Å²) in [5.41, 5.74) is 5.71. The van der Waals surface area contributed by atoms with Gasteiger partial charge in [-0.1, -0.05) is 0 Å². The highest BCUT2D eigenvalue weighted by Gasteiger charge is 2.23. The van der Waals surface area contributed by atoms with E-state index < -0.39 is 0 Å². The molecule has 1 aromatic rings. The zero-order valence-corrected chi connectivity index (χ0v) is 11.2. The van der Waals surface area contributed by atoms with E-state index in [-0.39, 0.29) is 5.54 Å². The number of guanidine groups is 1. The van der Waals surface area contributed by atoms with E-state index in [0.717, 1.165) is 18.3 Å². The van der Waals surface area contributed by atoms with Crippen molar-refractivity contribution < 1.29 is 0 Å². The molecule has 0 aliphatic heterocycles. The van der Waals surface area contributed by atoms with E-state index in [1.165, 1.54) is 12.8 Å². The largest absolute Gasteiger partial charge is 0.370 e. The molecule has 18 heavy (non-hydrogen) atoms. The summed E-state index contributed by atoms with van der Waals surface area (Å²) in [5, 5.41) is 14.7. The number of nitrogens with two attached hydrogens (primary N) is 1. The van der Waals surface area contributed by atoms with Gasteiger partial charge in [-0.25, -0.2) is 9.67 Å². The first-order valence-electron chi connectivity index (χ1n) is 6.27. The van der Waals surface area contributed by atoms with Gasteiger partial charge in [0.15, 0.2) is 11.8 Å². The number of nitrogens with zero attached hydrogens (tertiary/aromatic N) is 5. The molecule has 0 unspecified atom stereocenters. The Morgan fingerprint density at radius 1 is 1.50 bits per heavy atom. The van der Waals surface area contributed by atoms with Crippen LogP contribution in [0.25, 0.3) is 0 Å². The molecule has 1 fully saturated rings. The van der Waals surface area contributed by atoms with Crippen LogP contribution in [0.5, 0.6) is 0 Å². The second-order valence-electron chi connectivity index (χ2n) is 5.80. The molecule has 1 aliphatic rings. The molecule has 7 nitrogen and oxygen atoms in total. The third-order valence-electron chi connectivity index (χ3n) is 2.63. The molecular weight excluding hydrogens is 230 g/mol. The lowest BCUT2D eigenvalue weighted by atomic mass is 10.1. The van der Waals surface area contributed by atoms with Gasteiger partial charge in [-0.3, -0.25) is 0 Å². The summed E-state index contributed by atoms with van der Waals surface area (Å²) in [5.74, 6) is 1.92. The predicted molar refractivity (Wildman–Crippen MR) is 68.8 cm³/mol. The Labute approximate surface area is 107 Å². The minimum absolute atomic E-state index is 0.0898. The molecule has 0 bridgehead atoms. The highest BCUT2D eigenvalue weighted by Crippen LogP contribution is 2.30. The maximum atomic E-state index is 5.80. The molecule has 7 heteroatoms. The van der Waals surface area contributed by atoms with E-state index in [1.807, 2.05) is 25.5 Å². The quantitative estimate of drug-likeness (QED) is 0.592. The van der Waals surface area contributed by atoms with Crippen molar-refractivity contribution in [2.45, 2.75) is 52.2 Å². The van der Waals surface area contributed by atoms with Gasteiger partial charge in [0.2, 0.25) is 0 Å². The average molecular weight is 251 g/mol. The van der Waals surface area contributed by atoms with Crippen LogP contribution in [-0.4, -0.2) is 31.7 Å². The number of tetrazole rings is 1. The zero-order chi connectivity index (χ0) is 13.2. The van der Waals surface area contributed by atoms with Gasteiger partial charge in [0, 0.05) is 12.1 Å². The summed E-state index contributed by atoms with van der Waals surface area (Å²) >= 11 is 0. The lowest BCUT2D eigenvalue weighted by Gasteiger charge is -2.20. The normalized spacial score (nSPS) is 16.9. The van der Waals surface area contributed by atoms with Crippen LogP contribution in [0.3, 0.4) is 0 Å². The van der Waals surface area contributed by atoms with Gasteiger partial charge in [0.05, 0.1) is 0 Å². The summed E-state index contributed by atoms with van der Waals surface area (Å²) in [6, 6.07) is 0. The highest BCUT2D eigenvalue weighted by molar-refractivity contribution is 5.78. The van der Waals surface area contributed by atoms with E-state index in [2.05, 4.69) is 25.8 Å². The van der Waals surface area contributed by atoms with Crippen molar-refractivity contribution >= 4 is 5.96 Å². The van der Waals surface area contributed by atoms with Crippen molar-refractivity contribution in [3.05, 3.63) is 5.82 Å². The summed E-state index contributed by atoms with van der Waals surface area (Å²) in [7, 11) is 0. The first-order valence-corrected chi connectivity index (χ1v) is 6.27. The second-order valence-corrected chi connectivity index (χ2v) is 5.80. The minimum Gasteiger partial charge on any atom is -0.370 e. The molecule has 0 aromatic carbocycles. The molecule has 100 valence electrons. The van der Waals surface area contributed by atoms with E-state index in [4.69, 9.17) is 5.73 Å². The molecule has 3 N–H and O–H groups in total. The molecule has 0 spiro atoms. The van der Waals surface area contributed by atoms with Gasteiger partial charge in [0.25, 0.3) is 0 Å². The van der Waals surface area contributed by atoms with E-state index in [9.17, 15) is 0 Å². The van der Waals surface area contributed by atoms with Gasteiger partial charge >= 0.3 is 0 Å². The van der Waals surface area contributed by atoms with Gasteiger partial charge in [0.1, 0.15) is 6.54 Å². The van der Waals surface area contributed by atoms with Crippen LogP contribution >= 0.6 is 0 Å². The van der Waals surface area contributed by atoms with E-state index in [0.29, 0.717) is 12.5 Å². The monoisotopic (exact) mass is 251 g/mol. The fourth-order valence-electron chi connectivity index (χ4n) is 1.60. The molecule has 0 atom stereocenters. The number of hydrogen-bond donors (Lipinski definition) is 2. The van der Waals surface area contributed by atoms with Crippen LogP contribution in [0.4, 0.5) is 0 Å². The standard InChI is InChI=1S/C11H21N7/c1-11(2,3)14-10(12)13-6-9-15-16-17-18(9)7-8-4-5-8/h8H,4-7H2,1-3H3,(H3,12,13,14). The van der Waals surface area contributed by atoms with Crippen molar-refractivity contribution in [1.29, 1.82) is 0 Å². The summed E-state index contributed by atoms with van der Waals surface area (Å²) in [6.07, 6.45) is 2.55. The smallest absolute Gasteiger partial charge is 0.189 e. The number of nitrogens with one attached hydrogen (secondary N) is 1. The molecule has 1 aromatic heterocycles. The van der Waals surface area contributed by atoms with Crippen LogP contribution in [0.2, 0.25) is 0 Å². The van der Waals surface area contributed by atoms with Crippen molar-refractivity contribution in [3.63, 3.8) is 0 Å². The third-order valence-corrected chi connectivity index (χ3v) is 2.63. The van der Waals surface area contributed by atoms with Crippen molar-refractivity contribution in [2.75, 3.05) is 0 Å². The Morgan fingerprint density at radius 2 is 2.22 bits per heavy atom. The zero-order valence-electron chi connectivity index (χ0n) is 11.2. The summed E-state index contributed by atoms with van der Waals surface area (Å²) in [4.78, 5) is 4.26. The van der Waals surface area contributed by atoms with Crippen LogP contribution in [-0.2, 0) is 13.1 Å². The molecule has 1 saturated carbocycles. The highest BCUT2D eigenvalue weighted by atomic mass is 15.5. The van der Waals surface area contributed by atoms with Crippen LogP contribution in [0.15, 0.2) is 4.99 Å². The van der Waals surface area contributed by atoms with Crippen LogP contribution in [0.1, 0.15) is 39.4 Å². The topological polar surface area (TPSA) is 94.0 Å². The van der Waals surface area contributed by atoms with E-state index in [1.54, 1.807) is 0 Å². The molecule has 1 heterocycles. The van der Waals surface area contributed by atoms with Gasteiger partial charge < -0.3 is 11.1 Å². The molecule has 1 aliphatic carbocycles. The SMILES string of the molecule is CC(C)(C)NC(N)=NCc1nnnn1CC1CC1. The van der Waals surface area contributed by atoms with E-state index >= 15 is 0 Å². The number of aliphatic imine (C=N–C) groups is 1. The lowest BCUT2D eigenvalue weighted by molar-refractivity contribution is 0.505. The number of rotatable bonds is 4. The van der Waals surface area contributed by atoms with Crippen molar-refractivity contribution in [2.24, 2.45) is 16.6 Å². The molecule has 2 rings (SSSR count). The molecular formula is C11H21N7. The van der Waals surface area contributed by atoms with Gasteiger partial charge in [-0.15, -0.1) is 5.10 Å². The Hall–Kier alpha value is -1.66. The fraction of sp³-hybridized carbons (Fsp3) is 0.818. The third kappa shape index (κ3) is 3.97. The Bertz CT molecular complexity index is 425. The summed E-state index contributed by atoms with van der Waals surface area (Å²) < 4.78 is 1.82. The molecule has 0 amide bonds. The first-order chi connectivity index (χ1) is 8.44. The molecule has 0 saturated heterocycles. The number of hydrogen-bond acceptors (Lipinski definition) is 4. The second kappa shape index (κ2) is 4.91. The van der Waals surface area contributed by atoms with Gasteiger partial charge in [-0.2, -0.15) is 0 Å². The Balaban J connectivity index is 1.92. The fourth-order valence-corrected chi connectivity index (χ4v) is 1.60. The van der Waals surface area contributed by atoms with Crippen LogP contribution in [0, 0.1) is 5.92 Å². The lowest BCUT2D eigenvalue weighted by Crippen LogP contribution is -2.45. The van der Waals surface area contributed by atoms with Crippen molar-refractivity contribution in [1.82, 2.24) is 25.5 Å². The predicted octanol–water partition coefficient (Wildman–Crippen LogP) is 0.286. The maximum Gasteiger partial charge on any atom is 0.189 e. The Kier molecular flexibility index (Phi) is 3.49. The van der Waals surface area contributed by atoms with Crippen LogP contribution < -0.4 is 11.1 Å². The number of aromatic nitrogens is 4.